The van der Waals surface area contributed by atoms with Crippen LogP contribution in [-0.2, 0) is 14.8 Å². The Hall–Kier alpha value is -2.23. The van der Waals surface area contributed by atoms with Gasteiger partial charge in [-0.15, -0.1) is 11.3 Å². The van der Waals surface area contributed by atoms with Crippen molar-refractivity contribution in [1.29, 1.82) is 0 Å². The van der Waals surface area contributed by atoms with E-state index >= 15 is 0 Å². The first kappa shape index (κ1) is 21.5. The second-order valence-corrected chi connectivity index (χ2v) is 9.78. The van der Waals surface area contributed by atoms with Crippen molar-refractivity contribution in [2.24, 2.45) is 0 Å². The molecule has 0 radical (unpaired) electrons. The fourth-order valence-electron chi connectivity index (χ4n) is 3.18. The average molecular weight is 437 g/mol. The predicted molar refractivity (Wildman–Crippen MR) is 112 cm³/mol. The van der Waals surface area contributed by atoms with Gasteiger partial charge in [0, 0.05) is 18.7 Å². The number of rotatable bonds is 6. The van der Waals surface area contributed by atoms with Crippen molar-refractivity contribution in [3.05, 3.63) is 46.3 Å². The number of hydrogen-bond donors (Lipinski definition) is 1. The van der Waals surface area contributed by atoms with Gasteiger partial charge < -0.3 is 10.1 Å². The van der Waals surface area contributed by atoms with Crippen LogP contribution >= 0.6 is 11.3 Å². The molecule has 7 nitrogen and oxygen atoms in total. The van der Waals surface area contributed by atoms with Gasteiger partial charge in [-0.1, -0.05) is 12.5 Å². The van der Waals surface area contributed by atoms with Crippen LogP contribution in [0.5, 0.6) is 0 Å². The first-order valence-corrected chi connectivity index (χ1v) is 11.8. The Morgan fingerprint density at radius 3 is 2.59 bits per heavy atom. The van der Waals surface area contributed by atoms with E-state index in [-0.39, 0.29) is 17.1 Å². The molecule has 1 saturated heterocycles. The number of carbonyl (C=O) groups excluding carboxylic acids is 2. The second-order valence-electron chi connectivity index (χ2n) is 6.79. The van der Waals surface area contributed by atoms with E-state index in [9.17, 15) is 18.0 Å². The van der Waals surface area contributed by atoms with E-state index in [1.54, 1.807) is 32.0 Å². The third-order valence-corrected chi connectivity index (χ3v) is 7.69. The van der Waals surface area contributed by atoms with Crippen LogP contribution in [0.4, 0.5) is 5.00 Å². The number of carbonyl (C=O) groups is 2. The van der Waals surface area contributed by atoms with Crippen LogP contribution < -0.4 is 5.32 Å². The number of piperidine rings is 1. The van der Waals surface area contributed by atoms with Crippen LogP contribution in [0.25, 0.3) is 0 Å². The molecule has 1 aromatic carbocycles. The Morgan fingerprint density at radius 2 is 1.90 bits per heavy atom. The monoisotopic (exact) mass is 436 g/mol. The molecule has 3 rings (SSSR count). The van der Waals surface area contributed by atoms with Gasteiger partial charge in [-0.05, 0) is 56.5 Å². The van der Waals surface area contributed by atoms with Crippen LogP contribution in [0, 0.1) is 6.92 Å². The summed E-state index contributed by atoms with van der Waals surface area (Å²) in [6.45, 7) is 4.78. The molecule has 0 aliphatic carbocycles. The molecule has 1 amide bonds. The summed E-state index contributed by atoms with van der Waals surface area (Å²) < 4.78 is 32.2. The maximum Gasteiger partial charge on any atom is 0.348 e. The van der Waals surface area contributed by atoms with E-state index in [1.807, 2.05) is 0 Å². The van der Waals surface area contributed by atoms with Gasteiger partial charge in [0.25, 0.3) is 5.91 Å². The van der Waals surface area contributed by atoms with Gasteiger partial charge in [0.2, 0.25) is 10.0 Å². The van der Waals surface area contributed by atoms with E-state index in [2.05, 4.69) is 5.32 Å². The molecule has 0 saturated carbocycles. The molecule has 9 heteroatoms. The first-order chi connectivity index (χ1) is 13.8. The largest absolute Gasteiger partial charge is 0.462 e. The molecule has 0 unspecified atom stereocenters. The minimum atomic E-state index is -3.62. The summed E-state index contributed by atoms with van der Waals surface area (Å²) in [5, 5.41) is 3.24. The number of aryl methyl sites for hydroxylation is 1. The molecule has 156 valence electrons. The topological polar surface area (TPSA) is 92.8 Å². The summed E-state index contributed by atoms with van der Waals surface area (Å²) in [6.07, 6.45) is 2.72. The van der Waals surface area contributed by atoms with Crippen LogP contribution in [0.15, 0.2) is 35.2 Å². The Bertz CT molecular complexity index is 1010. The molecule has 1 aromatic heterocycles. The zero-order chi connectivity index (χ0) is 21.0. The first-order valence-electron chi connectivity index (χ1n) is 9.52. The van der Waals surface area contributed by atoms with E-state index in [4.69, 9.17) is 4.74 Å². The summed E-state index contributed by atoms with van der Waals surface area (Å²) in [4.78, 5) is 25.1. The lowest BCUT2D eigenvalue weighted by Crippen LogP contribution is -2.35. The minimum Gasteiger partial charge on any atom is -0.462 e. The zero-order valence-electron chi connectivity index (χ0n) is 16.4. The molecule has 1 N–H and O–H groups in total. The standard InChI is InChI=1S/C20H24N2O5S2/c1-3-27-20(24)18-14(2)12-17(28-18)21-19(23)15-8-7-9-16(13-15)29(25,26)22-10-5-4-6-11-22/h7-9,12-13H,3-6,10-11H2,1-2H3,(H,21,23). The molecular formula is C20H24N2O5S2. The Labute approximate surface area is 174 Å². The molecule has 2 heterocycles. The maximum absolute atomic E-state index is 12.8. The third-order valence-electron chi connectivity index (χ3n) is 4.66. The summed E-state index contributed by atoms with van der Waals surface area (Å²) in [5.41, 5.74) is 0.956. The highest BCUT2D eigenvalue weighted by molar-refractivity contribution is 7.89. The molecular weight excluding hydrogens is 412 g/mol. The number of benzene rings is 1. The second kappa shape index (κ2) is 9.06. The van der Waals surface area contributed by atoms with Gasteiger partial charge in [-0.25, -0.2) is 13.2 Å². The smallest absolute Gasteiger partial charge is 0.348 e. The van der Waals surface area contributed by atoms with Crippen molar-refractivity contribution < 1.29 is 22.7 Å². The van der Waals surface area contributed by atoms with Crippen LogP contribution in [-0.4, -0.2) is 44.3 Å². The molecule has 29 heavy (non-hydrogen) atoms. The summed E-state index contributed by atoms with van der Waals surface area (Å²) in [6, 6.07) is 7.73. The average Bonchev–Trinajstić information content (AvgIpc) is 3.09. The highest BCUT2D eigenvalue weighted by Crippen LogP contribution is 2.28. The molecule has 1 aliphatic heterocycles. The molecule has 2 aromatic rings. The maximum atomic E-state index is 12.8. The highest BCUT2D eigenvalue weighted by atomic mass is 32.2. The van der Waals surface area contributed by atoms with Crippen LogP contribution in [0.3, 0.4) is 0 Å². The SMILES string of the molecule is CCOC(=O)c1sc(NC(=O)c2cccc(S(=O)(=O)N3CCCCC3)c2)cc1C. The summed E-state index contributed by atoms with van der Waals surface area (Å²) in [5.74, 6) is -0.859. The molecule has 1 fully saturated rings. The van der Waals surface area contributed by atoms with E-state index in [0.29, 0.717) is 28.5 Å². The lowest BCUT2D eigenvalue weighted by molar-refractivity contribution is 0.0531. The Kier molecular flexibility index (Phi) is 6.71. The molecule has 0 spiro atoms. The van der Waals surface area contributed by atoms with E-state index in [0.717, 1.165) is 30.6 Å². The molecule has 1 aliphatic rings. The van der Waals surface area contributed by atoms with Crippen LogP contribution in [0.1, 0.15) is 51.8 Å². The minimum absolute atomic E-state index is 0.113. The third kappa shape index (κ3) is 4.85. The highest BCUT2D eigenvalue weighted by Gasteiger charge is 2.26. The number of thiophene rings is 1. The lowest BCUT2D eigenvalue weighted by Gasteiger charge is -2.26. The lowest BCUT2D eigenvalue weighted by atomic mass is 10.2. The van der Waals surface area contributed by atoms with Crippen molar-refractivity contribution in [1.82, 2.24) is 4.31 Å². The van der Waals surface area contributed by atoms with Crippen LogP contribution in [0.2, 0.25) is 0 Å². The van der Waals surface area contributed by atoms with Crippen molar-refractivity contribution in [2.45, 2.75) is 38.0 Å². The molecule has 0 bridgehead atoms. The quantitative estimate of drug-likeness (QED) is 0.698. The fourth-order valence-corrected chi connectivity index (χ4v) is 5.70. The number of hydrogen-bond acceptors (Lipinski definition) is 6. The van der Waals surface area contributed by atoms with Gasteiger partial charge in [-0.2, -0.15) is 4.31 Å². The molecule has 0 atom stereocenters. The summed E-state index contributed by atoms with van der Waals surface area (Å²) >= 11 is 1.13. The van der Waals surface area contributed by atoms with Gasteiger partial charge >= 0.3 is 5.97 Å². The van der Waals surface area contributed by atoms with Gasteiger partial charge in [0.15, 0.2) is 0 Å². The Morgan fingerprint density at radius 1 is 1.17 bits per heavy atom. The van der Waals surface area contributed by atoms with Crippen molar-refractivity contribution in [3.8, 4) is 0 Å². The Balaban J connectivity index is 1.78. The number of anilines is 1. The van der Waals surface area contributed by atoms with E-state index < -0.39 is 21.9 Å². The number of sulfonamides is 1. The predicted octanol–water partition coefficient (Wildman–Crippen LogP) is 3.66. The van der Waals surface area contributed by atoms with Gasteiger partial charge in [-0.3, -0.25) is 4.79 Å². The number of ether oxygens (including phenoxy) is 1. The number of nitrogens with zero attached hydrogens (tertiary/aromatic N) is 1. The van der Waals surface area contributed by atoms with Crippen molar-refractivity contribution >= 4 is 38.2 Å². The zero-order valence-corrected chi connectivity index (χ0v) is 18.1. The van der Waals surface area contributed by atoms with Gasteiger partial charge in [0.1, 0.15) is 4.88 Å². The number of amides is 1. The van der Waals surface area contributed by atoms with E-state index in [1.165, 1.54) is 16.4 Å². The fraction of sp³-hybridized carbons (Fsp3) is 0.400. The number of nitrogens with one attached hydrogen (secondary N) is 1. The van der Waals surface area contributed by atoms with Gasteiger partial charge in [0.05, 0.1) is 16.5 Å². The van der Waals surface area contributed by atoms with Crippen molar-refractivity contribution in [2.75, 3.05) is 25.0 Å². The normalized spacial score (nSPS) is 15.1. The summed E-state index contributed by atoms with van der Waals surface area (Å²) in [7, 11) is -3.62. The number of esters is 1. The van der Waals surface area contributed by atoms with Crippen molar-refractivity contribution in [3.63, 3.8) is 0 Å².